The van der Waals surface area contributed by atoms with Gasteiger partial charge in [-0.1, -0.05) is 12.1 Å². The molecule has 0 saturated heterocycles. The molecule has 8 nitrogen and oxygen atoms in total. The van der Waals surface area contributed by atoms with Gasteiger partial charge in [-0.05, 0) is 55.5 Å². The lowest BCUT2D eigenvalue weighted by Crippen LogP contribution is -2.16. The van der Waals surface area contributed by atoms with Gasteiger partial charge in [-0.3, -0.25) is 13.9 Å². The predicted molar refractivity (Wildman–Crippen MR) is 109 cm³/mol. The van der Waals surface area contributed by atoms with Crippen molar-refractivity contribution >= 4 is 33.1 Å². The Morgan fingerprint density at radius 3 is 2.48 bits per heavy atom. The summed E-state index contributed by atoms with van der Waals surface area (Å²) in [5, 5.41) is 2.78. The second-order valence-electron chi connectivity index (χ2n) is 6.27. The fourth-order valence-corrected chi connectivity index (χ4v) is 3.92. The number of carbonyl (C=O) groups is 1. The highest BCUT2D eigenvalue weighted by Gasteiger charge is 2.18. The zero-order valence-corrected chi connectivity index (χ0v) is 16.2. The van der Waals surface area contributed by atoms with Gasteiger partial charge in [0.1, 0.15) is 17.2 Å². The molecule has 1 aromatic carbocycles. The molecule has 3 heterocycles. The van der Waals surface area contributed by atoms with Crippen LogP contribution in [0, 0.1) is 6.92 Å². The lowest BCUT2D eigenvalue weighted by atomic mass is 10.3. The highest BCUT2D eigenvalue weighted by Crippen LogP contribution is 2.19. The Labute approximate surface area is 167 Å². The molecule has 146 valence electrons. The number of benzene rings is 1. The lowest BCUT2D eigenvalue weighted by Gasteiger charge is -2.09. The Kier molecular flexibility index (Phi) is 4.73. The topological polar surface area (TPSA) is 105 Å². The van der Waals surface area contributed by atoms with E-state index in [1.165, 1.54) is 30.5 Å². The maximum atomic E-state index is 12.7. The second-order valence-corrected chi connectivity index (χ2v) is 7.96. The number of amides is 1. The van der Waals surface area contributed by atoms with Crippen LogP contribution in [0.1, 0.15) is 16.2 Å². The normalized spacial score (nSPS) is 11.3. The third kappa shape index (κ3) is 3.81. The Hall–Kier alpha value is -3.72. The number of aromatic nitrogens is 3. The van der Waals surface area contributed by atoms with E-state index in [-0.39, 0.29) is 16.6 Å². The number of hydrogen-bond donors (Lipinski definition) is 2. The minimum atomic E-state index is -3.78. The van der Waals surface area contributed by atoms with E-state index in [9.17, 15) is 13.2 Å². The zero-order chi connectivity index (χ0) is 20.4. The van der Waals surface area contributed by atoms with Crippen LogP contribution in [0.5, 0.6) is 0 Å². The van der Waals surface area contributed by atoms with Gasteiger partial charge in [0.15, 0.2) is 0 Å². The molecule has 0 bridgehead atoms. The number of nitrogens with zero attached hydrogens (tertiary/aromatic N) is 3. The van der Waals surface area contributed by atoms with Crippen molar-refractivity contribution in [2.24, 2.45) is 0 Å². The van der Waals surface area contributed by atoms with Gasteiger partial charge >= 0.3 is 0 Å². The summed E-state index contributed by atoms with van der Waals surface area (Å²) in [6, 6.07) is 16.3. The molecule has 3 aromatic heterocycles. The first-order valence-corrected chi connectivity index (χ1v) is 10.2. The maximum absolute atomic E-state index is 12.7. The molecule has 2 N–H and O–H groups in total. The molecule has 1 amide bonds. The third-order valence-electron chi connectivity index (χ3n) is 4.25. The smallest absolute Gasteiger partial charge is 0.274 e. The molecule has 29 heavy (non-hydrogen) atoms. The standard InChI is InChI=1S/C20H17N5O3S/c1-14-19(25-13-5-3-7-18(25)22-14)20(26)23-15-8-10-16(11-9-15)29(27,28)24-17-6-2-4-12-21-17/h2-13H,1H3,(H,21,24)(H,23,26). The van der Waals surface area contributed by atoms with Crippen LogP contribution in [0.4, 0.5) is 11.5 Å². The Morgan fingerprint density at radius 1 is 1.00 bits per heavy atom. The van der Waals surface area contributed by atoms with Crippen LogP contribution in [0.3, 0.4) is 0 Å². The van der Waals surface area contributed by atoms with E-state index < -0.39 is 10.0 Å². The van der Waals surface area contributed by atoms with Crippen LogP contribution in [0.25, 0.3) is 5.65 Å². The van der Waals surface area contributed by atoms with Crippen LogP contribution in [-0.4, -0.2) is 28.7 Å². The third-order valence-corrected chi connectivity index (χ3v) is 5.62. The first-order valence-electron chi connectivity index (χ1n) is 8.73. The Morgan fingerprint density at radius 2 is 1.76 bits per heavy atom. The number of sulfonamides is 1. The number of fused-ring (bicyclic) bond motifs is 1. The number of imidazole rings is 1. The number of aryl methyl sites for hydroxylation is 1. The molecule has 0 radical (unpaired) electrons. The SMILES string of the molecule is Cc1nc2ccccn2c1C(=O)Nc1ccc(S(=O)(=O)Nc2ccccn2)cc1. The number of hydrogen-bond acceptors (Lipinski definition) is 5. The fourth-order valence-electron chi connectivity index (χ4n) is 2.91. The maximum Gasteiger partial charge on any atom is 0.274 e. The molecule has 0 fully saturated rings. The summed E-state index contributed by atoms with van der Waals surface area (Å²) in [6.45, 7) is 1.76. The van der Waals surface area contributed by atoms with Crippen molar-refractivity contribution in [3.05, 3.63) is 84.4 Å². The summed E-state index contributed by atoms with van der Waals surface area (Å²) in [6.07, 6.45) is 3.27. The van der Waals surface area contributed by atoms with E-state index in [0.29, 0.717) is 22.7 Å². The van der Waals surface area contributed by atoms with Crippen molar-refractivity contribution in [1.82, 2.24) is 14.4 Å². The van der Waals surface area contributed by atoms with Crippen LogP contribution >= 0.6 is 0 Å². The summed E-state index contributed by atoms with van der Waals surface area (Å²) in [4.78, 5) is 21.1. The molecule has 0 aliphatic rings. The highest BCUT2D eigenvalue weighted by atomic mass is 32.2. The fraction of sp³-hybridized carbons (Fsp3) is 0.0500. The van der Waals surface area contributed by atoms with Crippen molar-refractivity contribution in [3.8, 4) is 0 Å². The predicted octanol–water partition coefficient (Wildman–Crippen LogP) is 3.09. The van der Waals surface area contributed by atoms with Crippen molar-refractivity contribution in [2.75, 3.05) is 10.0 Å². The molecule has 0 aliphatic heterocycles. The van der Waals surface area contributed by atoms with Gasteiger partial charge in [0.05, 0.1) is 10.6 Å². The quantitative estimate of drug-likeness (QED) is 0.529. The number of rotatable bonds is 5. The second kappa shape index (κ2) is 7.36. The van der Waals surface area contributed by atoms with Crippen molar-refractivity contribution in [1.29, 1.82) is 0 Å². The summed E-state index contributed by atoms with van der Waals surface area (Å²) in [5.41, 5.74) is 2.18. The van der Waals surface area contributed by atoms with Gasteiger partial charge in [-0.2, -0.15) is 0 Å². The average Bonchev–Trinajstić information content (AvgIpc) is 3.04. The van der Waals surface area contributed by atoms with Gasteiger partial charge in [0, 0.05) is 18.1 Å². The van der Waals surface area contributed by atoms with Crippen molar-refractivity contribution in [2.45, 2.75) is 11.8 Å². The summed E-state index contributed by atoms with van der Waals surface area (Å²) in [5.74, 6) is -0.101. The minimum Gasteiger partial charge on any atom is -0.321 e. The van der Waals surface area contributed by atoms with Gasteiger partial charge in [0.2, 0.25) is 0 Å². The highest BCUT2D eigenvalue weighted by molar-refractivity contribution is 7.92. The van der Waals surface area contributed by atoms with Crippen molar-refractivity contribution < 1.29 is 13.2 Å². The van der Waals surface area contributed by atoms with Crippen LogP contribution in [-0.2, 0) is 10.0 Å². The molecule has 0 spiro atoms. The molecule has 0 aliphatic carbocycles. The van der Waals surface area contributed by atoms with E-state index in [2.05, 4.69) is 20.0 Å². The number of anilines is 2. The lowest BCUT2D eigenvalue weighted by molar-refractivity contribution is 0.102. The Bertz CT molecular complexity index is 1280. The van der Waals surface area contributed by atoms with E-state index in [1.54, 1.807) is 35.7 Å². The van der Waals surface area contributed by atoms with E-state index in [0.717, 1.165) is 0 Å². The van der Waals surface area contributed by atoms with Crippen LogP contribution in [0.2, 0.25) is 0 Å². The first kappa shape index (κ1) is 18.6. The molecule has 9 heteroatoms. The average molecular weight is 407 g/mol. The van der Waals surface area contributed by atoms with E-state index >= 15 is 0 Å². The zero-order valence-electron chi connectivity index (χ0n) is 15.4. The van der Waals surface area contributed by atoms with Crippen LogP contribution < -0.4 is 10.0 Å². The van der Waals surface area contributed by atoms with Gasteiger partial charge in [-0.25, -0.2) is 18.4 Å². The number of nitrogens with one attached hydrogen (secondary N) is 2. The summed E-state index contributed by atoms with van der Waals surface area (Å²) < 4.78 is 29.0. The molecule has 4 aromatic rings. The van der Waals surface area contributed by atoms with Gasteiger partial charge in [-0.15, -0.1) is 0 Å². The number of pyridine rings is 2. The Balaban J connectivity index is 1.54. The summed E-state index contributed by atoms with van der Waals surface area (Å²) >= 11 is 0. The summed E-state index contributed by atoms with van der Waals surface area (Å²) in [7, 11) is -3.78. The van der Waals surface area contributed by atoms with E-state index in [4.69, 9.17) is 0 Å². The minimum absolute atomic E-state index is 0.0622. The van der Waals surface area contributed by atoms with Crippen molar-refractivity contribution in [3.63, 3.8) is 0 Å². The van der Waals surface area contributed by atoms with Gasteiger partial charge < -0.3 is 5.32 Å². The largest absolute Gasteiger partial charge is 0.321 e. The first-order chi connectivity index (χ1) is 13.9. The number of carbonyl (C=O) groups excluding carboxylic acids is 1. The molecule has 0 atom stereocenters. The van der Waals surface area contributed by atoms with E-state index in [1.807, 2.05) is 18.2 Å². The van der Waals surface area contributed by atoms with Crippen LogP contribution in [0.15, 0.2) is 78.0 Å². The molecule has 0 saturated carbocycles. The molecule has 4 rings (SSSR count). The molecular formula is C20H17N5O3S. The van der Waals surface area contributed by atoms with Gasteiger partial charge in [0.25, 0.3) is 15.9 Å². The molecule has 0 unspecified atom stereocenters. The molecular weight excluding hydrogens is 390 g/mol. The monoisotopic (exact) mass is 407 g/mol.